The number of aliphatic hydroxyl groups is 1. The number of aliphatic hydroxyl groups excluding tert-OH is 1. The molecule has 1 aromatic carbocycles. The first kappa shape index (κ1) is 15.5. The van der Waals surface area contributed by atoms with E-state index in [0.29, 0.717) is 11.1 Å². The van der Waals surface area contributed by atoms with Gasteiger partial charge in [0, 0.05) is 18.7 Å². The van der Waals surface area contributed by atoms with E-state index >= 15 is 0 Å². The molecule has 6 nitrogen and oxygen atoms in total. The number of carbonyl (C=O) groups is 2. The lowest BCUT2D eigenvalue weighted by Gasteiger charge is -2.08. The molecule has 0 fully saturated rings. The highest BCUT2D eigenvalue weighted by molar-refractivity contribution is 5.96. The van der Waals surface area contributed by atoms with Gasteiger partial charge in [-0.2, -0.15) is 0 Å². The fraction of sp³-hybridized carbons (Fsp3) is 0.286. The number of benzene rings is 1. The summed E-state index contributed by atoms with van der Waals surface area (Å²) in [5.74, 6) is 4.97. The lowest BCUT2D eigenvalue weighted by atomic mass is 10.0. The third kappa shape index (κ3) is 5.00. The molecule has 3 amide bonds. The molecule has 0 radical (unpaired) electrons. The van der Waals surface area contributed by atoms with Crippen molar-refractivity contribution in [2.24, 2.45) is 5.73 Å². The minimum Gasteiger partial charge on any atom is -0.384 e. The largest absolute Gasteiger partial charge is 0.384 e. The second kappa shape index (κ2) is 7.81. The highest BCUT2D eigenvalue weighted by Crippen LogP contribution is 2.10. The molecule has 0 saturated carbocycles. The Morgan fingerprint density at radius 3 is 2.65 bits per heavy atom. The quantitative estimate of drug-likeness (QED) is 0.449. The molecule has 0 aliphatic carbocycles. The molecule has 0 saturated heterocycles. The van der Waals surface area contributed by atoms with E-state index in [0.717, 1.165) is 5.56 Å². The maximum Gasteiger partial charge on any atom is 0.312 e. The fourth-order valence-electron chi connectivity index (χ4n) is 1.55. The van der Waals surface area contributed by atoms with Crippen molar-refractivity contribution >= 4 is 11.9 Å². The first-order valence-corrected chi connectivity index (χ1v) is 6.06. The lowest BCUT2D eigenvalue weighted by molar-refractivity contribution is 0.0953. The van der Waals surface area contributed by atoms with Crippen LogP contribution in [-0.4, -0.2) is 36.7 Å². The number of aryl methyl sites for hydroxylation is 1. The van der Waals surface area contributed by atoms with E-state index in [2.05, 4.69) is 22.5 Å². The molecule has 0 aliphatic heterocycles. The maximum absolute atomic E-state index is 12.0. The molecular formula is C14H17N3O3. The average Bonchev–Trinajstić information content (AvgIpc) is 2.41. The summed E-state index contributed by atoms with van der Waals surface area (Å²) in [4.78, 5) is 22.5. The van der Waals surface area contributed by atoms with Crippen LogP contribution in [0.1, 0.15) is 21.5 Å². The molecule has 0 bridgehead atoms. The van der Waals surface area contributed by atoms with Crippen molar-refractivity contribution in [1.29, 1.82) is 0 Å². The number of amides is 3. The van der Waals surface area contributed by atoms with Crippen LogP contribution >= 0.6 is 0 Å². The minimum absolute atomic E-state index is 0.255. The summed E-state index contributed by atoms with van der Waals surface area (Å²) < 4.78 is 0. The van der Waals surface area contributed by atoms with Gasteiger partial charge in [-0.1, -0.05) is 17.9 Å². The van der Waals surface area contributed by atoms with E-state index in [1.807, 2.05) is 6.92 Å². The van der Waals surface area contributed by atoms with Gasteiger partial charge in [0.15, 0.2) is 0 Å². The summed E-state index contributed by atoms with van der Waals surface area (Å²) in [7, 11) is 0. The number of hydrogen-bond acceptors (Lipinski definition) is 3. The van der Waals surface area contributed by atoms with Crippen LogP contribution in [0.2, 0.25) is 0 Å². The first-order chi connectivity index (χ1) is 9.54. The van der Waals surface area contributed by atoms with Crippen molar-refractivity contribution in [1.82, 2.24) is 10.6 Å². The second-order valence-electron chi connectivity index (χ2n) is 4.06. The number of primary amides is 1. The molecule has 0 heterocycles. The van der Waals surface area contributed by atoms with Crippen molar-refractivity contribution in [3.05, 3.63) is 34.9 Å². The van der Waals surface area contributed by atoms with Gasteiger partial charge >= 0.3 is 6.03 Å². The highest BCUT2D eigenvalue weighted by atomic mass is 16.2. The van der Waals surface area contributed by atoms with E-state index in [-0.39, 0.29) is 25.6 Å². The summed E-state index contributed by atoms with van der Waals surface area (Å²) in [6, 6.07) is 4.62. The van der Waals surface area contributed by atoms with Crippen LogP contribution in [0.3, 0.4) is 0 Å². The van der Waals surface area contributed by atoms with Crippen LogP contribution < -0.4 is 16.4 Å². The zero-order chi connectivity index (χ0) is 15.0. The van der Waals surface area contributed by atoms with E-state index in [4.69, 9.17) is 10.8 Å². The molecule has 0 spiro atoms. The SMILES string of the molecule is Cc1ccc(C(=O)NCCNC(N)=O)c(C#CCO)c1. The predicted molar refractivity (Wildman–Crippen MR) is 75.1 cm³/mol. The van der Waals surface area contributed by atoms with Crippen LogP contribution in [0.25, 0.3) is 0 Å². The Kier molecular flexibility index (Phi) is 6.07. The standard InChI is InChI=1S/C14H17N3O3/c1-10-4-5-12(11(9-10)3-2-8-18)13(19)16-6-7-17-14(15)20/h4-5,9,18H,6-8H2,1H3,(H,16,19)(H3,15,17,20). The zero-order valence-electron chi connectivity index (χ0n) is 11.2. The fourth-order valence-corrected chi connectivity index (χ4v) is 1.55. The van der Waals surface area contributed by atoms with Gasteiger partial charge in [0.2, 0.25) is 0 Å². The van der Waals surface area contributed by atoms with Crippen LogP contribution in [0, 0.1) is 18.8 Å². The van der Waals surface area contributed by atoms with Gasteiger partial charge in [-0.05, 0) is 24.6 Å². The molecule has 0 aliphatic rings. The van der Waals surface area contributed by atoms with Crippen molar-refractivity contribution in [2.45, 2.75) is 6.92 Å². The Morgan fingerprint density at radius 2 is 2.00 bits per heavy atom. The second-order valence-corrected chi connectivity index (χ2v) is 4.06. The first-order valence-electron chi connectivity index (χ1n) is 6.06. The van der Waals surface area contributed by atoms with Gasteiger partial charge in [-0.25, -0.2) is 4.79 Å². The summed E-state index contributed by atoms with van der Waals surface area (Å²) in [6.07, 6.45) is 0. The Hall–Kier alpha value is -2.52. The Bertz CT molecular complexity index is 559. The molecule has 106 valence electrons. The molecular weight excluding hydrogens is 258 g/mol. The topological polar surface area (TPSA) is 104 Å². The van der Waals surface area contributed by atoms with Crippen LogP contribution in [0.5, 0.6) is 0 Å². The van der Waals surface area contributed by atoms with Gasteiger partial charge in [0.1, 0.15) is 6.61 Å². The third-order valence-corrected chi connectivity index (χ3v) is 2.43. The third-order valence-electron chi connectivity index (χ3n) is 2.43. The normalized spacial score (nSPS) is 9.30. The lowest BCUT2D eigenvalue weighted by Crippen LogP contribution is -2.37. The summed E-state index contributed by atoms with van der Waals surface area (Å²) in [5.41, 5.74) is 6.86. The van der Waals surface area contributed by atoms with E-state index in [1.54, 1.807) is 18.2 Å². The van der Waals surface area contributed by atoms with E-state index in [9.17, 15) is 9.59 Å². The Balaban J connectivity index is 2.74. The molecule has 0 unspecified atom stereocenters. The number of nitrogens with two attached hydrogens (primary N) is 1. The summed E-state index contributed by atoms with van der Waals surface area (Å²) in [6.45, 7) is 2.15. The van der Waals surface area contributed by atoms with Gasteiger partial charge in [0.05, 0.1) is 5.56 Å². The number of carbonyl (C=O) groups excluding carboxylic acids is 2. The van der Waals surface area contributed by atoms with E-state index < -0.39 is 6.03 Å². The van der Waals surface area contributed by atoms with Crippen molar-refractivity contribution in [3.8, 4) is 11.8 Å². The molecule has 20 heavy (non-hydrogen) atoms. The number of rotatable bonds is 4. The maximum atomic E-state index is 12.0. The smallest absolute Gasteiger partial charge is 0.312 e. The van der Waals surface area contributed by atoms with E-state index in [1.165, 1.54) is 0 Å². The van der Waals surface area contributed by atoms with Crippen molar-refractivity contribution in [2.75, 3.05) is 19.7 Å². The number of hydrogen-bond donors (Lipinski definition) is 4. The molecule has 1 aromatic rings. The predicted octanol–water partition coefficient (Wildman–Crippen LogP) is -0.263. The molecule has 0 atom stereocenters. The summed E-state index contributed by atoms with van der Waals surface area (Å²) >= 11 is 0. The molecule has 5 N–H and O–H groups in total. The van der Waals surface area contributed by atoms with Gasteiger partial charge in [-0.15, -0.1) is 0 Å². The van der Waals surface area contributed by atoms with Crippen LogP contribution in [-0.2, 0) is 0 Å². The molecule has 0 aromatic heterocycles. The Labute approximate surface area is 117 Å². The highest BCUT2D eigenvalue weighted by Gasteiger charge is 2.09. The molecule has 1 rings (SSSR count). The summed E-state index contributed by atoms with van der Waals surface area (Å²) in [5, 5.41) is 13.8. The van der Waals surface area contributed by atoms with Crippen LogP contribution in [0.15, 0.2) is 18.2 Å². The minimum atomic E-state index is -0.635. The van der Waals surface area contributed by atoms with Crippen molar-refractivity contribution in [3.63, 3.8) is 0 Å². The number of nitrogens with one attached hydrogen (secondary N) is 2. The monoisotopic (exact) mass is 275 g/mol. The van der Waals surface area contributed by atoms with Gasteiger partial charge in [-0.3, -0.25) is 4.79 Å². The van der Waals surface area contributed by atoms with Crippen molar-refractivity contribution < 1.29 is 14.7 Å². The average molecular weight is 275 g/mol. The van der Waals surface area contributed by atoms with Crippen LogP contribution in [0.4, 0.5) is 4.79 Å². The number of urea groups is 1. The van der Waals surface area contributed by atoms with Gasteiger partial charge < -0.3 is 21.5 Å². The zero-order valence-corrected chi connectivity index (χ0v) is 11.2. The molecule has 6 heteroatoms. The Morgan fingerprint density at radius 1 is 1.30 bits per heavy atom. The van der Waals surface area contributed by atoms with Gasteiger partial charge in [0.25, 0.3) is 5.91 Å².